The summed E-state index contributed by atoms with van der Waals surface area (Å²) >= 11 is 1.95. The van der Waals surface area contributed by atoms with Gasteiger partial charge in [0.25, 0.3) is 0 Å². The maximum Gasteiger partial charge on any atom is 0.0345 e. The first-order valence-electron chi connectivity index (χ1n) is 40.0. The van der Waals surface area contributed by atoms with Gasteiger partial charge in [0.2, 0.25) is 0 Å². The normalized spacial score (nSPS) is 21.7. The molecule has 0 nitrogen and oxygen atoms in total. The number of unbranched alkanes of at least 4 members (excludes halogenated alkanes) is 1. The van der Waals surface area contributed by atoms with E-state index < -0.39 is 0 Å². The predicted octanol–water partition coefficient (Wildman–Crippen LogP) is 29.6. The number of thiophene rings is 1. The molecular weight excluding hydrogens is 1190 g/mol. The van der Waals surface area contributed by atoms with Gasteiger partial charge in [-0.15, -0.1) is 11.3 Å². The molecule has 9 atom stereocenters. The highest BCUT2D eigenvalue weighted by atomic mass is 32.1. The minimum atomic E-state index is -0.130. The largest absolute Gasteiger partial charge is 0.141 e. The van der Waals surface area contributed by atoms with Gasteiger partial charge in [0.05, 0.1) is 0 Å². The molecule has 0 saturated heterocycles. The summed E-state index contributed by atoms with van der Waals surface area (Å²) < 4.78 is 0. The van der Waals surface area contributed by atoms with Crippen LogP contribution in [0.3, 0.4) is 0 Å². The van der Waals surface area contributed by atoms with Crippen molar-refractivity contribution in [1.82, 2.24) is 0 Å². The number of rotatable bonds is 32. The van der Waals surface area contributed by atoms with Crippen LogP contribution < -0.4 is 0 Å². The Morgan fingerprint density at radius 1 is 0.278 bits per heavy atom. The lowest BCUT2D eigenvalue weighted by Crippen LogP contribution is -2.31. The second kappa shape index (κ2) is 29.4. The second-order valence-corrected chi connectivity index (χ2v) is 34.5. The van der Waals surface area contributed by atoms with Crippen LogP contribution in [-0.4, -0.2) is 0 Å². The molecule has 8 aromatic rings. The molecule has 1 heteroatoms. The van der Waals surface area contributed by atoms with E-state index in [-0.39, 0.29) is 21.7 Å². The van der Waals surface area contributed by atoms with Gasteiger partial charge in [0.15, 0.2) is 0 Å². The third kappa shape index (κ3) is 12.8. The summed E-state index contributed by atoms with van der Waals surface area (Å²) in [4.78, 5) is 2.78. The fourth-order valence-corrected chi connectivity index (χ4v) is 21.1. The smallest absolute Gasteiger partial charge is 0.0345 e. The van der Waals surface area contributed by atoms with Crippen LogP contribution in [0.15, 0.2) is 140 Å². The lowest BCUT2D eigenvalue weighted by Gasteiger charge is -2.39. The van der Waals surface area contributed by atoms with Gasteiger partial charge in [-0.05, 0) is 277 Å². The summed E-state index contributed by atoms with van der Waals surface area (Å²) in [6.07, 6.45) is 25.4. The molecule has 0 N–H and O–H groups in total. The standard InChI is InChI=1S/C96H124S/c1-18-28-32-70(27-10)61-96(60-69(26-9)31-19-2)87-49-73(38-43-79(87)80-45-40-75(51-89(80)96)92-46-35-68(17)97-92)71-36-41-77-78-42-37-72(48-86(78)94(85(77)47-71,56-64(13)22-5)57-65(14)23-6)74-39-44-81-83-53-90-82(52-91(83)95(88(81)50-74,58-66(15)24-7)59-67(16)25-8)76-33-29-30-34-84(76)93(90,54-62(11)20-3)55-63(12)21-4/h29-30,33-53,62-67,69-70H,18-28,31-32,54-61H2,1-17H3. The van der Waals surface area contributed by atoms with Crippen molar-refractivity contribution in [2.75, 3.05) is 0 Å². The number of aryl methyl sites for hydroxylation is 1. The maximum atomic E-state index is 2.80. The molecule has 0 spiro atoms. The third-order valence-corrected chi connectivity index (χ3v) is 27.7. The molecule has 0 fully saturated rings. The third-order valence-electron chi connectivity index (χ3n) is 26.6. The zero-order chi connectivity index (χ0) is 68.7. The summed E-state index contributed by atoms with van der Waals surface area (Å²) in [5.74, 6) is 4.89. The molecule has 0 saturated carbocycles. The van der Waals surface area contributed by atoms with Crippen molar-refractivity contribution in [3.63, 3.8) is 0 Å². The van der Waals surface area contributed by atoms with Crippen molar-refractivity contribution in [2.24, 2.45) is 47.3 Å². The zero-order valence-corrected chi connectivity index (χ0v) is 64.5. The summed E-state index contributed by atoms with van der Waals surface area (Å²) in [7, 11) is 0. The second-order valence-electron chi connectivity index (χ2n) is 33.2. The Morgan fingerprint density at radius 3 is 0.928 bits per heavy atom. The average molecular weight is 1310 g/mol. The monoisotopic (exact) mass is 1310 g/mol. The Bertz CT molecular complexity index is 4020. The van der Waals surface area contributed by atoms with Crippen molar-refractivity contribution in [3.05, 3.63) is 189 Å². The molecule has 0 radical (unpaired) electrons. The van der Waals surface area contributed by atoms with Crippen LogP contribution in [0.5, 0.6) is 0 Å². The van der Waals surface area contributed by atoms with Gasteiger partial charge in [0, 0.05) is 31.4 Å². The first-order valence-corrected chi connectivity index (χ1v) is 40.8. The highest BCUT2D eigenvalue weighted by Gasteiger charge is 2.52. The van der Waals surface area contributed by atoms with Gasteiger partial charge in [-0.1, -0.05) is 279 Å². The molecule has 7 aromatic carbocycles. The molecule has 97 heavy (non-hydrogen) atoms. The van der Waals surface area contributed by atoms with E-state index in [9.17, 15) is 0 Å². The number of benzene rings is 7. The number of fused-ring (bicyclic) bond motifs is 12. The van der Waals surface area contributed by atoms with E-state index in [2.05, 4.69) is 257 Å². The molecule has 514 valence electrons. The van der Waals surface area contributed by atoms with Crippen LogP contribution in [0.1, 0.15) is 295 Å². The maximum absolute atomic E-state index is 2.80. The summed E-state index contributed by atoms with van der Waals surface area (Å²) in [6.45, 7) is 41.9. The minimum Gasteiger partial charge on any atom is -0.141 e. The Balaban J connectivity index is 1.02. The van der Waals surface area contributed by atoms with Crippen LogP contribution in [0.25, 0.3) is 77.2 Å². The molecule has 0 bridgehead atoms. The van der Waals surface area contributed by atoms with Crippen LogP contribution >= 0.6 is 11.3 Å². The predicted molar refractivity (Wildman–Crippen MR) is 426 cm³/mol. The number of hydrogen-bond donors (Lipinski definition) is 0. The minimum absolute atomic E-state index is 0.00310. The number of hydrogen-bond acceptors (Lipinski definition) is 1. The molecule has 1 heterocycles. The van der Waals surface area contributed by atoms with Crippen molar-refractivity contribution >= 4 is 11.3 Å². The first-order chi connectivity index (χ1) is 46.8. The van der Waals surface area contributed by atoms with Crippen LogP contribution in [0, 0.1) is 54.3 Å². The Hall–Kier alpha value is -5.76. The van der Waals surface area contributed by atoms with E-state index >= 15 is 0 Å². The molecule has 4 aliphatic carbocycles. The van der Waals surface area contributed by atoms with Crippen molar-refractivity contribution < 1.29 is 0 Å². The van der Waals surface area contributed by atoms with Gasteiger partial charge in [-0.25, -0.2) is 0 Å². The Labute approximate surface area is 595 Å². The fourth-order valence-electron chi connectivity index (χ4n) is 20.2. The van der Waals surface area contributed by atoms with Gasteiger partial charge in [-0.3, -0.25) is 0 Å². The lowest BCUT2D eigenvalue weighted by atomic mass is 9.64. The summed E-state index contributed by atoms with van der Waals surface area (Å²) in [6, 6.07) is 59.1. The van der Waals surface area contributed by atoms with Crippen LogP contribution in [0.4, 0.5) is 0 Å². The summed E-state index contributed by atoms with van der Waals surface area (Å²) in [5, 5.41) is 0. The lowest BCUT2D eigenvalue weighted by molar-refractivity contribution is 0.267. The van der Waals surface area contributed by atoms with Crippen molar-refractivity contribution in [2.45, 2.75) is 274 Å². The molecule has 4 aliphatic rings. The van der Waals surface area contributed by atoms with E-state index in [1.165, 1.54) is 204 Å². The SMILES string of the molecule is CCCCC(CC)CC1(CC(CC)CCC)c2cc(-c3ccc4c(c3)C(CC(C)CC)(CC(C)CC)c3cc(-c5ccc6c(c5)C(CC(C)CC)(CC(C)CC)c5cc7c(cc5-6)C(CC(C)CC)(CC(C)CC)c5ccccc5-7)ccc3-4)ccc2-c2ccc(-c3ccc(C)s3)cc21. The Kier molecular flexibility index (Phi) is 21.6. The highest BCUT2D eigenvalue weighted by molar-refractivity contribution is 7.15. The molecule has 0 amide bonds. The van der Waals surface area contributed by atoms with Gasteiger partial charge in [-0.2, -0.15) is 0 Å². The molecule has 1 aromatic heterocycles. The zero-order valence-electron chi connectivity index (χ0n) is 63.7. The average Bonchev–Trinajstić information content (AvgIpc) is 1.54. The van der Waals surface area contributed by atoms with E-state index in [1.54, 1.807) is 44.5 Å². The highest BCUT2D eigenvalue weighted by Crippen LogP contribution is 2.64. The van der Waals surface area contributed by atoms with Gasteiger partial charge < -0.3 is 0 Å². The van der Waals surface area contributed by atoms with E-state index in [0.29, 0.717) is 47.3 Å². The molecular formula is C96H124S. The first kappa shape index (κ1) is 71.1. The van der Waals surface area contributed by atoms with E-state index in [0.717, 1.165) is 12.8 Å². The van der Waals surface area contributed by atoms with E-state index in [1.807, 2.05) is 11.3 Å². The fraction of sp³-hybridized carbons (Fsp3) is 0.521. The van der Waals surface area contributed by atoms with Crippen molar-refractivity contribution in [1.29, 1.82) is 0 Å². The van der Waals surface area contributed by atoms with E-state index in [4.69, 9.17) is 0 Å². The van der Waals surface area contributed by atoms with Crippen molar-refractivity contribution in [3.8, 4) is 77.2 Å². The van der Waals surface area contributed by atoms with Crippen LogP contribution in [0.2, 0.25) is 0 Å². The molecule has 9 unspecified atom stereocenters. The quantitative estimate of drug-likeness (QED) is 0.0394. The molecule has 12 rings (SSSR count). The van der Waals surface area contributed by atoms with Gasteiger partial charge >= 0.3 is 0 Å². The molecule has 0 aliphatic heterocycles. The van der Waals surface area contributed by atoms with Crippen LogP contribution in [-0.2, 0) is 21.7 Å². The Morgan fingerprint density at radius 2 is 0.588 bits per heavy atom. The topological polar surface area (TPSA) is 0 Å². The van der Waals surface area contributed by atoms with Gasteiger partial charge in [0.1, 0.15) is 0 Å². The summed E-state index contributed by atoms with van der Waals surface area (Å²) in [5.41, 5.74) is 31.3.